The molecule has 1 saturated carbocycles. The first-order valence-electron chi connectivity index (χ1n) is 13.1. The molecule has 0 radical (unpaired) electrons. The van der Waals surface area contributed by atoms with Gasteiger partial charge in [-0.1, -0.05) is 42.5 Å². The van der Waals surface area contributed by atoms with Crippen LogP contribution in [0.5, 0.6) is 0 Å². The maximum absolute atomic E-state index is 13.5. The zero-order valence-electron chi connectivity index (χ0n) is 22.0. The van der Waals surface area contributed by atoms with Gasteiger partial charge in [-0.3, -0.25) is 23.9 Å². The predicted octanol–water partition coefficient (Wildman–Crippen LogP) is 4.37. The first-order chi connectivity index (χ1) is 19.4. The molecule has 3 aromatic rings. The first-order valence-corrected chi connectivity index (χ1v) is 16.3. The SMILES string of the molecule is CCN1C(=O)C(=c2sc(=Cc3ccc4c(c3)C3CCCC3N4c3cccc(SC)c3)c(=O)n2COC=O)SC1=S. The van der Waals surface area contributed by atoms with Crippen molar-refractivity contribution in [2.24, 2.45) is 0 Å². The maximum Gasteiger partial charge on any atom is 0.294 e. The molecule has 7 nitrogen and oxygen atoms in total. The molecule has 40 heavy (non-hydrogen) atoms. The van der Waals surface area contributed by atoms with Crippen molar-refractivity contribution in [2.45, 2.75) is 49.8 Å². The van der Waals surface area contributed by atoms with Crippen molar-refractivity contribution >= 4 is 86.1 Å². The number of rotatable bonds is 7. The molecule has 0 N–H and O–H groups in total. The number of anilines is 2. The lowest BCUT2D eigenvalue weighted by Gasteiger charge is -2.27. The lowest BCUT2D eigenvalue weighted by Crippen LogP contribution is -2.34. The summed E-state index contributed by atoms with van der Waals surface area (Å²) in [4.78, 5) is 43.1. The number of carbonyl (C=O) groups excluding carboxylic acids is 2. The smallest absolute Gasteiger partial charge is 0.294 e. The molecule has 3 aliphatic rings. The Balaban J connectivity index is 1.45. The van der Waals surface area contributed by atoms with Crippen molar-refractivity contribution in [3.05, 3.63) is 73.1 Å². The second-order valence-corrected chi connectivity index (χ2v) is 13.3. The van der Waals surface area contributed by atoms with Gasteiger partial charge in [-0.05, 0) is 73.6 Å². The van der Waals surface area contributed by atoms with Gasteiger partial charge in [0.2, 0.25) is 0 Å². The molecule has 1 aliphatic carbocycles. The number of benzene rings is 2. The van der Waals surface area contributed by atoms with E-state index in [1.807, 2.05) is 19.1 Å². The van der Waals surface area contributed by atoms with Crippen LogP contribution in [0.25, 0.3) is 11.0 Å². The Labute approximate surface area is 249 Å². The quantitative estimate of drug-likeness (QED) is 0.222. The fourth-order valence-electron chi connectivity index (χ4n) is 5.92. The number of thiazole rings is 1. The van der Waals surface area contributed by atoms with E-state index in [-0.39, 0.29) is 18.2 Å². The predicted molar refractivity (Wildman–Crippen MR) is 167 cm³/mol. The number of ether oxygens (including phenoxy) is 1. The van der Waals surface area contributed by atoms with Crippen LogP contribution in [0.1, 0.15) is 43.2 Å². The molecule has 2 fully saturated rings. The lowest BCUT2D eigenvalue weighted by molar-refractivity contribution is -0.132. The van der Waals surface area contributed by atoms with Crippen LogP contribution < -0.4 is 19.7 Å². The van der Waals surface area contributed by atoms with Gasteiger partial charge in [-0.2, -0.15) is 0 Å². The highest BCUT2D eigenvalue weighted by Crippen LogP contribution is 2.52. The highest BCUT2D eigenvalue weighted by atomic mass is 32.2. The van der Waals surface area contributed by atoms with Gasteiger partial charge in [0.05, 0.1) is 4.53 Å². The highest BCUT2D eigenvalue weighted by molar-refractivity contribution is 8.30. The second-order valence-electron chi connectivity index (χ2n) is 9.78. The summed E-state index contributed by atoms with van der Waals surface area (Å²) >= 11 is 9.52. The van der Waals surface area contributed by atoms with E-state index in [9.17, 15) is 14.4 Å². The molecule has 206 valence electrons. The molecule has 0 bridgehead atoms. The van der Waals surface area contributed by atoms with E-state index in [4.69, 9.17) is 17.0 Å². The monoisotopic (exact) mass is 609 g/mol. The van der Waals surface area contributed by atoms with Crippen LogP contribution in [-0.2, 0) is 21.1 Å². The van der Waals surface area contributed by atoms with Gasteiger partial charge in [0, 0.05) is 34.8 Å². The number of fused-ring (bicyclic) bond motifs is 3. The van der Waals surface area contributed by atoms with E-state index >= 15 is 0 Å². The summed E-state index contributed by atoms with van der Waals surface area (Å²) < 4.78 is 7.66. The van der Waals surface area contributed by atoms with Gasteiger partial charge >= 0.3 is 0 Å². The third-order valence-electron chi connectivity index (χ3n) is 7.69. The fourth-order valence-corrected chi connectivity index (χ4v) is 9.01. The highest BCUT2D eigenvalue weighted by Gasteiger charge is 2.42. The Bertz CT molecular complexity index is 1710. The van der Waals surface area contributed by atoms with E-state index in [1.54, 1.807) is 11.8 Å². The van der Waals surface area contributed by atoms with Crippen LogP contribution in [0.4, 0.5) is 11.4 Å². The maximum atomic E-state index is 13.5. The minimum Gasteiger partial charge on any atom is -0.446 e. The van der Waals surface area contributed by atoms with Crippen LogP contribution in [0.15, 0.2) is 52.2 Å². The molecule has 1 amide bonds. The Morgan fingerprint density at radius 3 is 2.77 bits per heavy atom. The number of hydrogen-bond donors (Lipinski definition) is 0. The van der Waals surface area contributed by atoms with Gasteiger partial charge < -0.3 is 9.64 Å². The van der Waals surface area contributed by atoms with Crippen molar-refractivity contribution in [1.82, 2.24) is 9.47 Å². The number of nitrogens with zero attached hydrogens (tertiary/aromatic N) is 3. The number of thioether (sulfide) groups is 2. The number of aromatic nitrogens is 1. The summed E-state index contributed by atoms with van der Waals surface area (Å²) in [6, 6.07) is 15.6. The molecular formula is C29H27N3O4S4. The standard InChI is InChI=1S/C29H27N3O4S4/c1-3-30-27(35)25(40-29(30)37)28-31(15-36-16-33)26(34)24(39-28)13-17-10-11-23-21(12-17)20-8-5-9-22(20)32(23)18-6-4-7-19(14-18)38-2/h4,6-7,10-14,16,20,22H,3,5,8-9,15H2,1-2H3. The van der Waals surface area contributed by atoms with Crippen LogP contribution >= 0.6 is 47.1 Å². The molecule has 11 heteroatoms. The molecule has 2 unspecified atom stereocenters. The van der Waals surface area contributed by atoms with Crippen molar-refractivity contribution < 1.29 is 14.3 Å². The molecule has 2 aromatic carbocycles. The van der Waals surface area contributed by atoms with Crippen LogP contribution in [0.3, 0.4) is 0 Å². The Morgan fingerprint density at radius 2 is 2.02 bits per heavy atom. The van der Waals surface area contributed by atoms with E-state index in [2.05, 4.69) is 47.6 Å². The number of amides is 1. The third-order valence-corrected chi connectivity index (χ3v) is 11.1. The number of thiocarbonyl (C=S) groups is 1. The second kappa shape index (κ2) is 11.2. The van der Waals surface area contributed by atoms with Gasteiger partial charge in [-0.15, -0.1) is 23.1 Å². The minimum absolute atomic E-state index is 0.236. The summed E-state index contributed by atoms with van der Waals surface area (Å²) in [5.74, 6) is 0.211. The summed E-state index contributed by atoms with van der Waals surface area (Å²) in [6.07, 6.45) is 7.46. The normalized spacial score (nSPS) is 21.8. The van der Waals surface area contributed by atoms with Gasteiger partial charge in [-0.25, -0.2) is 0 Å². The lowest BCUT2D eigenvalue weighted by atomic mass is 9.96. The number of carbonyl (C=O) groups is 2. The van der Waals surface area contributed by atoms with E-state index < -0.39 is 0 Å². The largest absolute Gasteiger partial charge is 0.446 e. The van der Waals surface area contributed by atoms with Crippen molar-refractivity contribution in [1.29, 1.82) is 0 Å². The topological polar surface area (TPSA) is 71.8 Å². The average Bonchev–Trinajstić information content (AvgIpc) is 3.70. The molecule has 3 heterocycles. The molecule has 1 aromatic heterocycles. The van der Waals surface area contributed by atoms with Crippen molar-refractivity contribution in [3.63, 3.8) is 0 Å². The Hall–Kier alpha value is -2.86. The third kappa shape index (κ3) is 4.62. The van der Waals surface area contributed by atoms with Crippen LogP contribution in [0.2, 0.25) is 0 Å². The molecule has 0 spiro atoms. The first kappa shape index (κ1) is 27.3. The summed E-state index contributed by atoms with van der Waals surface area (Å²) in [6.45, 7) is 2.33. The van der Waals surface area contributed by atoms with E-state index in [0.717, 1.165) is 18.4 Å². The average molecular weight is 610 g/mol. The summed E-state index contributed by atoms with van der Waals surface area (Å²) in [7, 11) is 0. The van der Waals surface area contributed by atoms with Crippen LogP contribution in [-0.4, -0.2) is 45.0 Å². The van der Waals surface area contributed by atoms with Crippen molar-refractivity contribution in [2.75, 3.05) is 17.7 Å². The fraction of sp³-hybridized carbons (Fsp3) is 0.310. The van der Waals surface area contributed by atoms with E-state index in [0.29, 0.717) is 43.4 Å². The Kier molecular flexibility index (Phi) is 7.64. The molecular weight excluding hydrogens is 583 g/mol. The zero-order valence-corrected chi connectivity index (χ0v) is 25.3. The van der Waals surface area contributed by atoms with Crippen LogP contribution in [0, 0.1) is 0 Å². The van der Waals surface area contributed by atoms with Crippen molar-refractivity contribution in [3.8, 4) is 0 Å². The minimum atomic E-state index is -0.307. The van der Waals surface area contributed by atoms with Gasteiger partial charge in [0.15, 0.2) is 6.73 Å². The molecule has 2 aliphatic heterocycles. The zero-order chi connectivity index (χ0) is 28.0. The summed E-state index contributed by atoms with van der Waals surface area (Å²) in [5, 5.41) is 0. The van der Waals surface area contributed by atoms with Gasteiger partial charge in [0.1, 0.15) is 13.9 Å². The molecule has 1 saturated heterocycles. The molecule has 2 atom stereocenters. The molecule has 6 rings (SSSR count). The van der Waals surface area contributed by atoms with Gasteiger partial charge in [0.25, 0.3) is 17.9 Å². The summed E-state index contributed by atoms with van der Waals surface area (Å²) in [5.41, 5.74) is 4.38. The number of hydrogen-bond acceptors (Lipinski definition) is 9. The Morgan fingerprint density at radius 1 is 1.18 bits per heavy atom. The van der Waals surface area contributed by atoms with E-state index in [1.165, 1.54) is 60.8 Å².